The molecule has 0 aromatic heterocycles. The lowest BCUT2D eigenvalue weighted by atomic mass is 11.8. The maximum atomic E-state index is 3.59. The SMILES string of the molecule is C[Si](C)(C)NN(N[Si](C)(C)C)N[Si](C)(C)C. The molecule has 0 saturated heterocycles. The van der Waals surface area contributed by atoms with Crippen LogP contribution in [0.5, 0.6) is 0 Å². The van der Waals surface area contributed by atoms with Crippen LogP contribution in [0.4, 0.5) is 0 Å². The third-order valence-corrected chi connectivity index (χ3v) is 4.02. The highest BCUT2D eigenvalue weighted by Gasteiger charge is 2.26. The predicted molar refractivity (Wildman–Crippen MR) is 81.3 cm³/mol. The van der Waals surface area contributed by atoms with Gasteiger partial charge in [0, 0.05) is 0 Å². The first-order chi connectivity index (χ1) is 6.79. The Morgan fingerprint density at radius 2 is 0.688 bits per heavy atom. The first-order valence-corrected chi connectivity index (χ1v) is 16.4. The summed E-state index contributed by atoms with van der Waals surface area (Å²) in [5, 5.41) is 12.8. The van der Waals surface area contributed by atoms with Gasteiger partial charge in [0.2, 0.25) is 0 Å². The van der Waals surface area contributed by atoms with E-state index in [0.29, 0.717) is 0 Å². The highest BCUT2D eigenvalue weighted by Crippen LogP contribution is 2.01. The molecule has 0 amide bonds. The molecule has 0 heterocycles. The van der Waals surface area contributed by atoms with Gasteiger partial charge >= 0.3 is 0 Å². The number of rotatable bonds is 6. The predicted octanol–water partition coefficient (Wildman–Crippen LogP) is 2.31. The molecule has 0 aliphatic carbocycles. The standard InChI is InChI=1S/C9H30N4Si3/c1-14(2,3)10-13(11-15(4,5)6)12-16(7,8)9/h10-12H,1-9H3. The number of nitrogens with one attached hydrogen (secondary N) is 3. The number of hydrazine groups is 3. The van der Waals surface area contributed by atoms with E-state index in [4.69, 9.17) is 0 Å². The average Bonchev–Trinajstić information content (AvgIpc) is 1.70. The number of hydrogen-bond acceptors (Lipinski definition) is 4. The van der Waals surface area contributed by atoms with Gasteiger partial charge in [-0.05, 0) is 0 Å². The molecule has 0 aliphatic heterocycles. The van der Waals surface area contributed by atoms with Gasteiger partial charge in [0.15, 0.2) is 0 Å². The van der Waals surface area contributed by atoms with E-state index in [9.17, 15) is 0 Å². The van der Waals surface area contributed by atoms with E-state index < -0.39 is 24.7 Å². The Hall–Kier alpha value is 0.491. The van der Waals surface area contributed by atoms with Crippen LogP contribution in [0.25, 0.3) is 0 Å². The molecule has 16 heavy (non-hydrogen) atoms. The minimum atomic E-state index is -1.32. The van der Waals surface area contributed by atoms with Crippen molar-refractivity contribution >= 4 is 24.7 Å². The van der Waals surface area contributed by atoms with Crippen molar-refractivity contribution in [1.29, 1.82) is 0 Å². The molecule has 0 unspecified atom stereocenters. The first-order valence-electron chi connectivity index (χ1n) is 5.92. The molecule has 0 radical (unpaired) electrons. The van der Waals surface area contributed by atoms with Crippen molar-refractivity contribution in [3.63, 3.8) is 0 Å². The minimum Gasteiger partial charge on any atom is -0.251 e. The Morgan fingerprint density at radius 3 is 0.812 bits per heavy atom. The van der Waals surface area contributed by atoms with Crippen LogP contribution in [0.1, 0.15) is 0 Å². The van der Waals surface area contributed by atoms with E-state index in [1.54, 1.807) is 0 Å². The fourth-order valence-electron chi connectivity index (χ4n) is 1.09. The van der Waals surface area contributed by atoms with Crippen molar-refractivity contribution in [3.8, 4) is 0 Å². The van der Waals surface area contributed by atoms with Crippen molar-refractivity contribution in [1.82, 2.24) is 20.5 Å². The second-order valence-electron chi connectivity index (χ2n) is 7.42. The van der Waals surface area contributed by atoms with Gasteiger partial charge < -0.3 is 0 Å². The van der Waals surface area contributed by atoms with Gasteiger partial charge in [-0.15, -0.1) is 5.23 Å². The van der Waals surface area contributed by atoms with Crippen molar-refractivity contribution in [2.75, 3.05) is 0 Å². The number of nitrogens with zero attached hydrogens (tertiary/aromatic N) is 1. The maximum absolute atomic E-state index is 3.59. The van der Waals surface area contributed by atoms with E-state index in [1.807, 2.05) is 0 Å². The van der Waals surface area contributed by atoms with Crippen molar-refractivity contribution in [3.05, 3.63) is 0 Å². The zero-order valence-corrected chi connectivity index (χ0v) is 15.4. The molecule has 0 rings (SSSR count). The molecule has 7 heteroatoms. The molecule has 0 atom stereocenters. The molecule has 0 saturated carbocycles. The van der Waals surface area contributed by atoms with Crippen LogP contribution in [-0.2, 0) is 0 Å². The third kappa shape index (κ3) is 11.0. The number of hydrogen-bond donors (Lipinski definition) is 3. The van der Waals surface area contributed by atoms with Crippen LogP contribution in [0.2, 0.25) is 58.9 Å². The Morgan fingerprint density at radius 1 is 0.500 bits per heavy atom. The van der Waals surface area contributed by atoms with Crippen LogP contribution in [0.3, 0.4) is 0 Å². The monoisotopic (exact) mass is 278 g/mol. The van der Waals surface area contributed by atoms with Crippen LogP contribution in [0.15, 0.2) is 0 Å². The molecule has 0 fully saturated rings. The summed E-state index contributed by atoms with van der Waals surface area (Å²) < 4.78 is 0. The highest BCUT2D eigenvalue weighted by atomic mass is 28.3. The average molecular weight is 279 g/mol. The summed E-state index contributed by atoms with van der Waals surface area (Å²) in [6, 6.07) is 0. The van der Waals surface area contributed by atoms with Gasteiger partial charge in [-0.3, -0.25) is 15.3 Å². The Bertz CT molecular complexity index is 176. The molecule has 0 aromatic carbocycles. The second kappa shape index (κ2) is 5.42. The zero-order valence-electron chi connectivity index (χ0n) is 12.4. The topological polar surface area (TPSA) is 39.3 Å². The summed E-state index contributed by atoms with van der Waals surface area (Å²) >= 11 is 0. The summed E-state index contributed by atoms with van der Waals surface area (Å²) in [6.07, 6.45) is 0. The highest BCUT2D eigenvalue weighted by molar-refractivity contribution is 6.75. The van der Waals surface area contributed by atoms with Gasteiger partial charge in [-0.1, -0.05) is 58.9 Å². The lowest BCUT2D eigenvalue weighted by Gasteiger charge is -2.39. The smallest absolute Gasteiger partial charge is 0.136 e. The maximum Gasteiger partial charge on any atom is 0.136 e. The van der Waals surface area contributed by atoms with Crippen LogP contribution in [0, 0.1) is 0 Å². The van der Waals surface area contributed by atoms with Gasteiger partial charge in [-0.25, -0.2) is 0 Å². The van der Waals surface area contributed by atoms with Gasteiger partial charge in [0.25, 0.3) is 0 Å². The molecule has 0 aliphatic rings. The molecule has 0 bridgehead atoms. The fourth-order valence-corrected chi connectivity index (χ4v) is 3.77. The zero-order chi connectivity index (χ0) is 13.2. The van der Waals surface area contributed by atoms with E-state index in [0.717, 1.165) is 0 Å². The Kier molecular flexibility index (Phi) is 5.59. The van der Waals surface area contributed by atoms with E-state index in [2.05, 4.69) is 79.4 Å². The molecule has 0 aromatic rings. The Labute approximate surface area is 104 Å². The molecule has 3 N–H and O–H groups in total. The quantitative estimate of drug-likeness (QED) is 0.515. The van der Waals surface area contributed by atoms with Gasteiger partial charge in [-0.2, -0.15) is 0 Å². The largest absolute Gasteiger partial charge is 0.251 e. The summed E-state index contributed by atoms with van der Waals surface area (Å²) in [5.41, 5.74) is 0. The molecule has 4 nitrogen and oxygen atoms in total. The lowest BCUT2D eigenvalue weighted by molar-refractivity contribution is 0.161. The fraction of sp³-hybridized carbons (Fsp3) is 1.00. The molecule has 98 valence electrons. The lowest BCUT2D eigenvalue weighted by Crippen LogP contribution is -2.72. The second-order valence-corrected chi connectivity index (χ2v) is 21.6. The summed E-state index contributed by atoms with van der Waals surface area (Å²) in [5.74, 6) is 0. The van der Waals surface area contributed by atoms with Gasteiger partial charge in [0.05, 0.1) is 0 Å². The van der Waals surface area contributed by atoms with Crippen LogP contribution >= 0.6 is 0 Å². The van der Waals surface area contributed by atoms with Crippen molar-refractivity contribution < 1.29 is 0 Å². The van der Waals surface area contributed by atoms with Crippen molar-refractivity contribution in [2.24, 2.45) is 0 Å². The minimum absolute atomic E-state index is 1.32. The van der Waals surface area contributed by atoms with Crippen molar-refractivity contribution in [2.45, 2.75) is 58.9 Å². The van der Waals surface area contributed by atoms with Crippen LogP contribution in [-0.4, -0.2) is 29.9 Å². The summed E-state index contributed by atoms with van der Waals surface area (Å²) in [4.78, 5) is 0. The Balaban J connectivity index is 4.53. The molecular weight excluding hydrogens is 248 g/mol. The summed E-state index contributed by atoms with van der Waals surface area (Å²) in [6.45, 7) is 20.7. The van der Waals surface area contributed by atoms with E-state index in [-0.39, 0.29) is 0 Å². The molecular formula is C9H30N4Si3. The van der Waals surface area contributed by atoms with E-state index >= 15 is 0 Å². The molecule has 0 spiro atoms. The van der Waals surface area contributed by atoms with Crippen LogP contribution < -0.4 is 15.3 Å². The summed E-state index contributed by atoms with van der Waals surface area (Å²) in [7, 11) is -3.97. The van der Waals surface area contributed by atoms with Gasteiger partial charge in [0.1, 0.15) is 24.7 Å². The first kappa shape index (κ1) is 16.5. The normalized spacial score (nSPS) is 14.6. The van der Waals surface area contributed by atoms with E-state index in [1.165, 1.54) is 0 Å². The third-order valence-electron chi connectivity index (χ3n) is 1.34.